The van der Waals surface area contributed by atoms with E-state index < -0.39 is 0 Å². The first-order valence-corrected chi connectivity index (χ1v) is 16.3. The van der Waals surface area contributed by atoms with Crippen LogP contribution in [0.25, 0.3) is 21.6 Å². The predicted molar refractivity (Wildman–Crippen MR) is 175 cm³/mol. The molecule has 3 aromatic heterocycles. The second-order valence-electron chi connectivity index (χ2n) is 13.0. The van der Waals surface area contributed by atoms with Gasteiger partial charge in [0.1, 0.15) is 17.3 Å². The van der Waals surface area contributed by atoms with Crippen LogP contribution < -0.4 is 10.6 Å². The molecule has 2 N–H and O–H groups in total. The highest BCUT2D eigenvalue weighted by Gasteiger charge is 2.33. The minimum absolute atomic E-state index is 0.146. The number of imidazole rings is 1. The zero-order valence-electron chi connectivity index (χ0n) is 25.9. The summed E-state index contributed by atoms with van der Waals surface area (Å²) in [6.07, 6.45) is 7.60. The Morgan fingerprint density at radius 1 is 1.16 bits per heavy atom. The maximum absolute atomic E-state index is 13.5. The molecule has 45 heavy (non-hydrogen) atoms. The molecule has 6 rings (SSSR count). The van der Waals surface area contributed by atoms with Gasteiger partial charge in [-0.3, -0.25) is 14.9 Å². The van der Waals surface area contributed by atoms with Crippen molar-refractivity contribution in [3.8, 4) is 16.6 Å². The number of anilines is 1. The van der Waals surface area contributed by atoms with Gasteiger partial charge in [-0.15, -0.1) is 16.4 Å². The number of hydrogen-bond acceptors (Lipinski definition) is 8. The van der Waals surface area contributed by atoms with Crippen molar-refractivity contribution >= 4 is 40.1 Å². The Morgan fingerprint density at radius 3 is 2.73 bits per heavy atom. The number of nitrogens with one attached hydrogen (secondary N) is 2. The Morgan fingerprint density at radius 2 is 2.00 bits per heavy atom. The standard InChI is InChI=1S/C34H38N8O2S/c1-34(2,3)17-24(18-35)32(44)41-15-5-6-25(41)21-42-28-11-10-23(20-36-19-22-8-9-22)16-27(28)38-33(42)39-31(43)30-13-12-29(45-30)26-7-4-14-37-40-26/h4,7,10-14,16-17,22,25,36H,5-6,8-9,15,19-21H2,1-3H3,(H,38,39,43)/b24-17+/t25-/m1/s1. The number of allylic oxidation sites excluding steroid dienone is 1. The second-order valence-corrected chi connectivity index (χ2v) is 14.1. The number of aromatic nitrogens is 4. The minimum atomic E-state index is -0.298. The van der Waals surface area contributed by atoms with Crippen LogP contribution in [0.2, 0.25) is 0 Å². The Hall–Kier alpha value is -4.40. The maximum atomic E-state index is 13.5. The molecule has 11 heteroatoms. The molecule has 2 fully saturated rings. The molecule has 0 radical (unpaired) electrons. The number of benzene rings is 1. The lowest BCUT2D eigenvalue weighted by molar-refractivity contribution is -0.127. The number of rotatable bonds is 10. The van der Waals surface area contributed by atoms with Crippen LogP contribution in [-0.2, 0) is 17.9 Å². The van der Waals surface area contributed by atoms with E-state index in [4.69, 9.17) is 4.98 Å². The molecule has 2 amide bonds. The van der Waals surface area contributed by atoms with E-state index in [2.05, 4.69) is 39.0 Å². The number of carbonyl (C=O) groups excluding carboxylic acids is 2. The van der Waals surface area contributed by atoms with Gasteiger partial charge in [0.05, 0.1) is 26.8 Å². The van der Waals surface area contributed by atoms with Crippen LogP contribution in [0.15, 0.2) is 60.3 Å². The van der Waals surface area contributed by atoms with Gasteiger partial charge in [0.25, 0.3) is 11.8 Å². The lowest BCUT2D eigenvalue weighted by Gasteiger charge is -2.26. The third kappa shape index (κ3) is 7.30. The Balaban J connectivity index is 1.28. The van der Waals surface area contributed by atoms with Crippen LogP contribution in [0.1, 0.15) is 61.7 Å². The highest BCUT2D eigenvalue weighted by molar-refractivity contribution is 7.17. The zero-order valence-corrected chi connectivity index (χ0v) is 26.7. The summed E-state index contributed by atoms with van der Waals surface area (Å²) in [7, 11) is 0. The summed E-state index contributed by atoms with van der Waals surface area (Å²) >= 11 is 1.34. The van der Waals surface area contributed by atoms with Gasteiger partial charge in [-0.25, -0.2) is 4.98 Å². The smallest absolute Gasteiger partial charge is 0.268 e. The third-order valence-corrected chi connectivity index (χ3v) is 9.22. The minimum Gasteiger partial charge on any atom is -0.333 e. The van der Waals surface area contributed by atoms with E-state index in [0.29, 0.717) is 29.6 Å². The maximum Gasteiger partial charge on any atom is 0.268 e. The van der Waals surface area contributed by atoms with Crippen LogP contribution in [0.5, 0.6) is 0 Å². The number of likely N-dealkylation sites (tertiary alicyclic amines) is 1. The first-order valence-electron chi connectivity index (χ1n) is 15.5. The van der Waals surface area contributed by atoms with Crippen molar-refractivity contribution in [3.05, 3.63) is 70.8 Å². The number of hydrogen-bond donors (Lipinski definition) is 2. The van der Waals surface area contributed by atoms with Crippen molar-refractivity contribution < 1.29 is 9.59 Å². The van der Waals surface area contributed by atoms with Crippen molar-refractivity contribution in [1.82, 2.24) is 30.0 Å². The molecule has 1 aliphatic carbocycles. The highest BCUT2D eigenvalue weighted by atomic mass is 32.1. The number of nitrogens with zero attached hydrogens (tertiary/aromatic N) is 6. The molecule has 1 aliphatic heterocycles. The molecule has 10 nitrogen and oxygen atoms in total. The van der Waals surface area contributed by atoms with E-state index >= 15 is 0 Å². The van der Waals surface area contributed by atoms with E-state index in [9.17, 15) is 14.9 Å². The van der Waals surface area contributed by atoms with Crippen LogP contribution in [0.4, 0.5) is 5.95 Å². The van der Waals surface area contributed by atoms with E-state index in [1.54, 1.807) is 23.2 Å². The summed E-state index contributed by atoms with van der Waals surface area (Å²) in [6, 6.07) is 15.5. The number of thiophene rings is 1. The topological polar surface area (TPSA) is 129 Å². The van der Waals surface area contributed by atoms with Crippen molar-refractivity contribution in [3.63, 3.8) is 0 Å². The SMILES string of the molecule is CC(C)(C)/C=C(\C#N)C(=O)N1CCC[C@@H]1Cn1c(NC(=O)c2ccc(-c3cccnn3)s2)nc2cc(CNCC3CC3)ccc21. The summed E-state index contributed by atoms with van der Waals surface area (Å²) in [4.78, 5) is 35.1. The number of nitriles is 1. The van der Waals surface area contributed by atoms with E-state index in [1.165, 1.54) is 24.2 Å². The fraction of sp³-hybridized carbons (Fsp3) is 0.412. The lowest BCUT2D eigenvalue weighted by atomic mass is 9.93. The van der Waals surface area contributed by atoms with Gasteiger partial charge in [-0.1, -0.05) is 32.9 Å². The van der Waals surface area contributed by atoms with Crippen molar-refractivity contribution in [1.29, 1.82) is 5.26 Å². The van der Waals surface area contributed by atoms with Gasteiger partial charge in [0.15, 0.2) is 0 Å². The quantitative estimate of drug-likeness (QED) is 0.169. The van der Waals surface area contributed by atoms with Gasteiger partial charge in [-0.2, -0.15) is 10.4 Å². The van der Waals surface area contributed by atoms with Crippen molar-refractivity contribution in [2.75, 3.05) is 18.4 Å². The molecule has 1 saturated carbocycles. The normalized spacial score (nSPS) is 17.1. The third-order valence-electron chi connectivity index (χ3n) is 8.11. The summed E-state index contributed by atoms with van der Waals surface area (Å²) in [5, 5.41) is 24.5. The van der Waals surface area contributed by atoms with E-state index in [0.717, 1.165) is 53.3 Å². The van der Waals surface area contributed by atoms with Crippen LogP contribution in [-0.4, -0.2) is 55.6 Å². The first-order chi connectivity index (χ1) is 21.7. The average molecular weight is 623 g/mol. The summed E-state index contributed by atoms with van der Waals surface area (Å²) < 4.78 is 2.00. The predicted octanol–water partition coefficient (Wildman–Crippen LogP) is 5.79. The largest absolute Gasteiger partial charge is 0.333 e. The Labute approximate surface area is 267 Å². The van der Waals surface area contributed by atoms with Gasteiger partial charge in [0.2, 0.25) is 5.95 Å². The Bertz CT molecular complexity index is 1770. The molecule has 1 saturated heterocycles. The lowest BCUT2D eigenvalue weighted by Crippen LogP contribution is -2.39. The molecule has 0 bridgehead atoms. The average Bonchev–Trinajstić information content (AvgIpc) is 3.38. The van der Waals surface area contributed by atoms with Crippen molar-refractivity contribution in [2.45, 2.75) is 65.6 Å². The van der Waals surface area contributed by atoms with Crippen LogP contribution in [0, 0.1) is 22.7 Å². The van der Waals surface area contributed by atoms with Crippen LogP contribution in [0.3, 0.4) is 0 Å². The van der Waals surface area contributed by atoms with E-state index in [-0.39, 0.29) is 28.8 Å². The fourth-order valence-corrected chi connectivity index (χ4v) is 6.60. The molecular formula is C34H38N8O2S. The molecule has 1 atom stereocenters. The molecule has 0 unspecified atom stereocenters. The molecule has 1 aromatic carbocycles. The number of amides is 2. The van der Waals surface area contributed by atoms with Crippen molar-refractivity contribution in [2.24, 2.45) is 11.3 Å². The summed E-state index contributed by atoms with van der Waals surface area (Å²) in [5.41, 5.74) is 3.37. The molecular weight excluding hydrogens is 584 g/mol. The highest BCUT2D eigenvalue weighted by Crippen LogP contribution is 2.31. The van der Waals surface area contributed by atoms with Gasteiger partial charge >= 0.3 is 0 Å². The molecule has 232 valence electrons. The molecule has 4 aromatic rings. The molecule has 4 heterocycles. The summed E-state index contributed by atoms with van der Waals surface area (Å²) in [5.74, 6) is 0.706. The van der Waals surface area contributed by atoms with Gasteiger partial charge < -0.3 is 14.8 Å². The molecule has 2 aliphatic rings. The summed E-state index contributed by atoms with van der Waals surface area (Å²) in [6.45, 7) is 8.73. The fourth-order valence-electron chi connectivity index (χ4n) is 5.74. The van der Waals surface area contributed by atoms with E-state index in [1.807, 2.05) is 49.6 Å². The van der Waals surface area contributed by atoms with Gasteiger partial charge in [0, 0.05) is 25.8 Å². The monoisotopic (exact) mass is 622 g/mol. The van der Waals surface area contributed by atoms with Crippen LogP contribution >= 0.6 is 11.3 Å². The second kappa shape index (κ2) is 12.9. The number of carbonyl (C=O) groups is 2. The zero-order chi connectivity index (χ0) is 31.6. The van der Waals surface area contributed by atoms with Gasteiger partial charge in [-0.05, 0) is 85.5 Å². The Kier molecular flexibility index (Phi) is 8.79. The first kappa shape index (κ1) is 30.6. The number of fused-ring (bicyclic) bond motifs is 1. The molecule has 0 spiro atoms.